The third kappa shape index (κ3) is 4.54. The van der Waals surface area contributed by atoms with Gasteiger partial charge in [0.25, 0.3) is 11.7 Å². The van der Waals surface area contributed by atoms with Crippen LogP contribution in [0.2, 0.25) is 0 Å². The molecule has 0 bridgehead atoms. The fourth-order valence-corrected chi connectivity index (χ4v) is 4.31. The van der Waals surface area contributed by atoms with Gasteiger partial charge in [-0.1, -0.05) is 42.5 Å². The van der Waals surface area contributed by atoms with E-state index in [1.165, 1.54) is 0 Å². The number of hydrogen-bond donors (Lipinski definition) is 1. The van der Waals surface area contributed by atoms with Crippen LogP contribution in [0.4, 0.5) is 0 Å². The van der Waals surface area contributed by atoms with Crippen molar-refractivity contribution in [2.24, 2.45) is 0 Å². The summed E-state index contributed by atoms with van der Waals surface area (Å²) in [7, 11) is 1.57. The highest BCUT2D eigenvalue weighted by atomic mass is 16.5. The topological polar surface area (TPSA) is 79.3 Å². The molecule has 0 spiro atoms. The van der Waals surface area contributed by atoms with Crippen LogP contribution < -0.4 is 4.74 Å². The number of methoxy groups -OCH3 is 1. The van der Waals surface area contributed by atoms with Gasteiger partial charge in [0.2, 0.25) is 0 Å². The van der Waals surface area contributed by atoms with Gasteiger partial charge in [0.15, 0.2) is 0 Å². The fourth-order valence-electron chi connectivity index (χ4n) is 4.31. The van der Waals surface area contributed by atoms with E-state index in [1.807, 2.05) is 30.3 Å². The maximum absolute atomic E-state index is 13.1. The van der Waals surface area contributed by atoms with E-state index in [9.17, 15) is 14.7 Å². The van der Waals surface area contributed by atoms with Crippen LogP contribution in [0.15, 0.2) is 60.2 Å². The maximum atomic E-state index is 13.1. The van der Waals surface area contributed by atoms with Gasteiger partial charge in [-0.15, -0.1) is 0 Å². The molecule has 1 atom stereocenters. The summed E-state index contributed by atoms with van der Waals surface area (Å²) >= 11 is 0. The minimum Gasteiger partial charge on any atom is -0.507 e. The molecule has 1 N–H and O–H groups in total. The molecule has 7 nitrogen and oxygen atoms in total. The number of benzene rings is 2. The van der Waals surface area contributed by atoms with Gasteiger partial charge in [-0.2, -0.15) is 0 Å². The van der Waals surface area contributed by atoms with Crippen molar-refractivity contribution in [3.05, 3.63) is 71.3 Å². The number of hydrogen-bond acceptors (Lipinski definition) is 6. The molecular weight excluding hydrogens is 408 g/mol. The van der Waals surface area contributed by atoms with E-state index in [0.717, 1.165) is 31.6 Å². The number of Topliss-reactive ketones (excluding diaryl/α,β-unsaturated/α-hetero) is 1. The summed E-state index contributed by atoms with van der Waals surface area (Å²) in [5.41, 5.74) is 1.35. The minimum absolute atomic E-state index is 0.112. The smallest absolute Gasteiger partial charge is 0.295 e. The molecule has 2 heterocycles. The quantitative estimate of drug-likeness (QED) is 0.409. The van der Waals surface area contributed by atoms with Gasteiger partial charge in [-0.05, 0) is 24.1 Å². The molecule has 2 aromatic rings. The Kier molecular flexibility index (Phi) is 6.87. The number of rotatable bonds is 7. The highest BCUT2D eigenvalue weighted by Gasteiger charge is 2.45. The normalized spacial score (nSPS) is 21.2. The summed E-state index contributed by atoms with van der Waals surface area (Å²) in [5, 5.41) is 11.0. The predicted molar refractivity (Wildman–Crippen MR) is 120 cm³/mol. The number of morpholine rings is 1. The fraction of sp³-hybridized carbons (Fsp3) is 0.360. The largest absolute Gasteiger partial charge is 0.507 e. The zero-order valence-corrected chi connectivity index (χ0v) is 18.2. The van der Waals surface area contributed by atoms with Crippen LogP contribution in [0.3, 0.4) is 0 Å². The summed E-state index contributed by atoms with van der Waals surface area (Å²) < 4.78 is 10.8. The zero-order chi connectivity index (χ0) is 22.5. The van der Waals surface area contributed by atoms with Crippen molar-refractivity contribution < 1.29 is 24.2 Å². The minimum atomic E-state index is -0.671. The van der Waals surface area contributed by atoms with E-state index in [1.54, 1.807) is 36.3 Å². The summed E-state index contributed by atoms with van der Waals surface area (Å²) in [6, 6.07) is 15.5. The van der Waals surface area contributed by atoms with Crippen molar-refractivity contribution >= 4 is 17.4 Å². The molecule has 2 saturated heterocycles. The lowest BCUT2D eigenvalue weighted by Crippen LogP contribution is -2.38. The second-order valence-electron chi connectivity index (χ2n) is 7.94. The van der Waals surface area contributed by atoms with Crippen LogP contribution in [0.5, 0.6) is 5.75 Å². The molecule has 0 radical (unpaired) electrons. The van der Waals surface area contributed by atoms with Crippen LogP contribution in [0.1, 0.15) is 23.6 Å². The zero-order valence-electron chi connectivity index (χ0n) is 18.2. The first kappa shape index (κ1) is 22.0. The Morgan fingerprint density at radius 2 is 1.81 bits per heavy atom. The molecule has 2 aliphatic rings. The molecule has 7 heteroatoms. The van der Waals surface area contributed by atoms with Gasteiger partial charge < -0.3 is 19.5 Å². The van der Waals surface area contributed by atoms with E-state index in [0.29, 0.717) is 31.1 Å². The van der Waals surface area contributed by atoms with Crippen molar-refractivity contribution in [3.8, 4) is 5.75 Å². The van der Waals surface area contributed by atoms with E-state index < -0.39 is 17.7 Å². The summed E-state index contributed by atoms with van der Waals surface area (Å²) in [6.07, 6.45) is 0.721. The molecule has 2 aliphatic heterocycles. The number of aliphatic hydroxyl groups excluding tert-OH is 1. The molecule has 0 unspecified atom stereocenters. The molecule has 0 saturated carbocycles. The van der Waals surface area contributed by atoms with Crippen molar-refractivity contribution in [1.29, 1.82) is 0 Å². The monoisotopic (exact) mass is 436 g/mol. The first-order valence-electron chi connectivity index (χ1n) is 10.9. The molecule has 0 aliphatic carbocycles. The molecule has 32 heavy (non-hydrogen) atoms. The Morgan fingerprint density at radius 3 is 2.53 bits per heavy atom. The van der Waals surface area contributed by atoms with Gasteiger partial charge in [0.1, 0.15) is 11.5 Å². The third-order valence-corrected chi connectivity index (χ3v) is 5.97. The SMILES string of the molecule is COc1cccc([C@@H]2C(=C(O)c3ccccc3)C(=O)C(=O)N2CCCN2CCOCC2)c1. The molecule has 4 rings (SSSR count). The third-order valence-electron chi connectivity index (χ3n) is 5.97. The molecule has 2 fully saturated rings. The second kappa shape index (κ2) is 9.97. The molecular formula is C25H28N2O5. The first-order chi connectivity index (χ1) is 15.6. The lowest BCUT2D eigenvalue weighted by Gasteiger charge is -2.29. The summed E-state index contributed by atoms with van der Waals surface area (Å²) in [4.78, 5) is 30.0. The Morgan fingerprint density at radius 1 is 1.06 bits per heavy atom. The van der Waals surface area contributed by atoms with Crippen molar-refractivity contribution in [2.45, 2.75) is 12.5 Å². The number of aliphatic hydroxyl groups is 1. The Balaban J connectivity index is 1.67. The predicted octanol–water partition coefficient (Wildman–Crippen LogP) is 2.84. The Hall–Kier alpha value is -3.16. The van der Waals surface area contributed by atoms with Crippen LogP contribution in [0.25, 0.3) is 5.76 Å². The van der Waals surface area contributed by atoms with Gasteiger partial charge in [-0.25, -0.2) is 0 Å². The standard InChI is InChI=1S/C25H28N2O5/c1-31-20-10-5-9-19(17-20)22-21(23(28)18-7-3-2-4-8-18)24(29)25(30)27(22)12-6-11-26-13-15-32-16-14-26/h2-5,7-10,17,22,28H,6,11-16H2,1H3/t22-/m1/s1. The van der Waals surface area contributed by atoms with Gasteiger partial charge in [0, 0.05) is 31.7 Å². The number of amides is 1. The van der Waals surface area contributed by atoms with Gasteiger partial charge in [-0.3, -0.25) is 14.5 Å². The van der Waals surface area contributed by atoms with E-state index in [4.69, 9.17) is 9.47 Å². The van der Waals surface area contributed by atoms with E-state index >= 15 is 0 Å². The van der Waals surface area contributed by atoms with Gasteiger partial charge >= 0.3 is 0 Å². The summed E-state index contributed by atoms with van der Waals surface area (Å²) in [6.45, 7) is 4.39. The average Bonchev–Trinajstić information content (AvgIpc) is 3.10. The van der Waals surface area contributed by atoms with Crippen molar-refractivity contribution in [1.82, 2.24) is 9.80 Å². The van der Waals surface area contributed by atoms with Crippen molar-refractivity contribution in [2.75, 3.05) is 46.5 Å². The highest BCUT2D eigenvalue weighted by Crippen LogP contribution is 2.40. The Labute approximate surface area is 187 Å². The molecule has 0 aromatic heterocycles. The number of nitrogens with zero attached hydrogens (tertiary/aromatic N) is 2. The molecule has 1 amide bonds. The second-order valence-corrected chi connectivity index (χ2v) is 7.94. The van der Waals surface area contributed by atoms with Crippen LogP contribution in [-0.2, 0) is 14.3 Å². The van der Waals surface area contributed by atoms with Crippen LogP contribution in [-0.4, -0.2) is 73.1 Å². The van der Waals surface area contributed by atoms with Crippen LogP contribution in [0, 0.1) is 0 Å². The lowest BCUT2D eigenvalue weighted by molar-refractivity contribution is -0.140. The van der Waals surface area contributed by atoms with Gasteiger partial charge in [0.05, 0.1) is 31.9 Å². The number of carbonyl (C=O) groups is 2. The summed E-state index contributed by atoms with van der Waals surface area (Å²) in [5.74, 6) is -0.781. The maximum Gasteiger partial charge on any atom is 0.295 e. The number of carbonyl (C=O) groups excluding carboxylic acids is 2. The lowest BCUT2D eigenvalue weighted by atomic mass is 9.95. The number of ether oxygens (including phenoxy) is 2. The molecule has 2 aromatic carbocycles. The van der Waals surface area contributed by atoms with Crippen LogP contribution >= 0.6 is 0 Å². The van der Waals surface area contributed by atoms with E-state index in [-0.39, 0.29) is 11.3 Å². The van der Waals surface area contributed by atoms with E-state index in [2.05, 4.69) is 4.90 Å². The molecule has 168 valence electrons. The number of likely N-dealkylation sites (tertiary alicyclic amines) is 1. The Bertz CT molecular complexity index is 998. The van der Waals surface area contributed by atoms with Crippen molar-refractivity contribution in [3.63, 3.8) is 0 Å². The first-order valence-corrected chi connectivity index (χ1v) is 10.9. The number of ketones is 1. The average molecular weight is 437 g/mol. The highest BCUT2D eigenvalue weighted by molar-refractivity contribution is 6.46.